The van der Waals surface area contributed by atoms with E-state index in [4.69, 9.17) is 27.6 Å². The Morgan fingerprint density at radius 1 is 1.27 bits per heavy atom. The van der Waals surface area contributed by atoms with Crippen molar-refractivity contribution in [2.75, 3.05) is 11.1 Å². The predicted octanol–water partition coefficient (Wildman–Crippen LogP) is 4.90. The van der Waals surface area contributed by atoms with Crippen LogP contribution in [-0.4, -0.2) is 26.4 Å². The highest BCUT2D eigenvalue weighted by atomic mass is 35.5. The van der Waals surface area contributed by atoms with Crippen LogP contribution < -0.4 is 5.32 Å². The summed E-state index contributed by atoms with van der Waals surface area (Å²) in [6.07, 6.45) is 1.62. The molecule has 26 heavy (non-hydrogen) atoms. The quantitative estimate of drug-likeness (QED) is 0.584. The van der Waals surface area contributed by atoms with E-state index in [1.54, 1.807) is 24.5 Å². The van der Waals surface area contributed by atoms with Gasteiger partial charge in [0.05, 0.1) is 33.3 Å². The van der Waals surface area contributed by atoms with Gasteiger partial charge in [0.2, 0.25) is 5.91 Å². The van der Waals surface area contributed by atoms with Gasteiger partial charge in [-0.3, -0.25) is 4.79 Å². The highest BCUT2D eigenvalue weighted by Crippen LogP contribution is 2.30. The van der Waals surface area contributed by atoms with Gasteiger partial charge in [0, 0.05) is 6.54 Å². The molecule has 0 aliphatic carbocycles. The number of hydrogen-bond donors (Lipinski definition) is 1. The van der Waals surface area contributed by atoms with Gasteiger partial charge in [-0.2, -0.15) is 0 Å². The molecule has 0 saturated carbocycles. The van der Waals surface area contributed by atoms with Crippen molar-refractivity contribution >= 4 is 46.6 Å². The molecule has 0 bridgehead atoms. The van der Waals surface area contributed by atoms with Crippen LogP contribution in [0.2, 0.25) is 10.0 Å². The highest BCUT2D eigenvalue weighted by molar-refractivity contribution is 7.99. The molecule has 3 aromatic rings. The van der Waals surface area contributed by atoms with Gasteiger partial charge in [-0.1, -0.05) is 41.0 Å². The number of carbonyl (C=O) groups excluding carboxylic acids is 1. The highest BCUT2D eigenvalue weighted by Gasteiger charge is 2.18. The molecule has 1 amide bonds. The summed E-state index contributed by atoms with van der Waals surface area (Å²) in [5.41, 5.74) is 1.30. The number of benzene rings is 1. The third-order valence-corrected chi connectivity index (χ3v) is 5.29. The van der Waals surface area contributed by atoms with Crippen molar-refractivity contribution in [2.24, 2.45) is 0 Å². The lowest BCUT2D eigenvalue weighted by Crippen LogP contribution is -2.15. The van der Waals surface area contributed by atoms with Crippen molar-refractivity contribution in [3.05, 3.63) is 46.3 Å². The second-order valence-electron chi connectivity index (χ2n) is 5.37. The van der Waals surface area contributed by atoms with Gasteiger partial charge in [-0.25, -0.2) is 0 Å². The number of aryl methyl sites for hydroxylation is 1. The molecule has 1 N–H and O–H groups in total. The number of carbonyl (C=O) groups is 1. The van der Waals surface area contributed by atoms with E-state index >= 15 is 0 Å². The Bertz CT molecular complexity index is 918. The number of halogens is 2. The van der Waals surface area contributed by atoms with Gasteiger partial charge in [-0.05, 0) is 32.0 Å². The summed E-state index contributed by atoms with van der Waals surface area (Å²) in [5, 5.41) is 12.6. The number of amides is 1. The first-order chi connectivity index (χ1) is 12.5. The molecule has 0 fully saturated rings. The first-order valence-corrected chi connectivity index (χ1v) is 9.59. The molecule has 9 heteroatoms. The largest absolute Gasteiger partial charge is 0.469 e. The monoisotopic (exact) mass is 410 g/mol. The summed E-state index contributed by atoms with van der Waals surface area (Å²) in [4.78, 5) is 12.3. The molecular weight excluding hydrogens is 395 g/mol. The number of furan rings is 1. The Kier molecular flexibility index (Phi) is 5.90. The van der Waals surface area contributed by atoms with Crippen LogP contribution in [0, 0.1) is 6.92 Å². The molecule has 2 aromatic heterocycles. The molecule has 0 aliphatic heterocycles. The minimum absolute atomic E-state index is 0.157. The van der Waals surface area contributed by atoms with Crippen LogP contribution in [0.3, 0.4) is 0 Å². The van der Waals surface area contributed by atoms with E-state index in [0.29, 0.717) is 27.4 Å². The summed E-state index contributed by atoms with van der Waals surface area (Å²) in [6.45, 7) is 4.54. The Labute approximate surface area is 164 Å². The lowest BCUT2D eigenvalue weighted by Gasteiger charge is -2.09. The van der Waals surface area contributed by atoms with Crippen LogP contribution in [0.4, 0.5) is 5.69 Å². The molecule has 2 heterocycles. The fourth-order valence-corrected chi connectivity index (χ4v) is 3.71. The molecule has 0 radical (unpaired) electrons. The van der Waals surface area contributed by atoms with Gasteiger partial charge in [0.25, 0.3) is 0 Å². The molecule has 136 valence electrons. The van der Waals surface area contributed by atoms with E-state index < -0.39 is 0 Å². The smallest absolute Gasteiger partial charge is 0.234 e. The lowest BCUT2D eigenvalue weighted by molar-refractivity contribution is -0.113. The van der Waals surface area contributed by atoms with Crippen molar-refractivity contribution in [1.29, 1.82) is 0 Å². The zero-order valence-corrected chi connectivity index (χ0v) is 16.5. The average Bonchev–Trinajstić information content (AvgIpc) is 3.21. The SMILES string of the molecule is CCn1c(SCC(=O)Nc2c(Cl)cccc2Cl)nnc1-c1ccoc1C. The minimum atomic E-state index is -0.225. The lowest BCUT2D eigenvalue weighted by atomic mass is 10.2. The maximum absolute atomic E-state index is 12.3. The van der Waals surface area contributed by atoms with Crippen molar-refractivity contribution in [3.63, 3.8) is 0 Å². The Morgan fingerprint density at radius 3 is 2.62 bits per heavy atom. The predicted molar refractivity (Wildman–Crippen MR) is 104 cm³/mol. The first kappa shape index (κ1) is 18.8. The zero-order valence-electron chi connectivity index (χ0n) is 14.1. The van der Waals surface area contributed by atoms with E-state index in [1.807, 2.05) is 24.5 Å². The summed E-state index contributed by atoms with van der Waals surface area (Å²) < 4.78 is 7.28. The van der Waals surface area contributed by atoms with Gasteiger partial charge in [-0.15, -0.1) is 10.2 Å². The number of para-hydroxylation sites is 1. The number of nitrogens with zero attached hydrogens (tertiary/aromatic N) is 3. The van der Waals surface area contributed by atoms with Crippen LogP contribution in [0.25, 0.3) is 11.4 Å². The normalized spacial score (nSPS) is 10.9. The van der Waals surface area contributed by atoms with Crippen LogP contribution in [0.5, 0.6) is 0 Å². The van der Waals surface area contributed by atoms with Gasteiger partial charge in [0.15, 0.2) is 11.0 Å². The number of aromatic nitrogens is 3. The number of anilines is 1. The topological polar surface area (TPSA) is 73.0 Å². The standard InChI is InChI=1S/C17H16Cl2N4O2S/c1-3-23-16(11-7-8-25-10(11)2)21-22-17(23)26-9-14(24)20-15-12(18)5-4-6-13(15)19/h4-8H,3,9H2,1-2H3,(H,20,24). The molecule has 0 unspecified atom stereocenters. The Balaban J connectivity index is 1.71. The van der Waals surface area contributed by atoms with Crippen molar-refractivity contribution in [2.45, 2.75) is 25.5 Å². The summed E-state index contributed by atoms with van der Waals surface area (Å²) in [5.74, 6) is 1.42. The second-order valence-corrected chi connectivity index (χ2v) is 7.13. The van der Waals surface area contributed by atoms with E-state index in [1.165, 1.54) is 11.8 Å². The van der Waals surface area contributed by atoms with Crippen LogP contribution in [0.1, 0.15) is 12.7 Å². The molecule has 0 spiro atoms. The number of thioether (sulfide) groups is 1. The average molecular weight is 411 g/mol. The van der Waals surface area contributed by atoms with Crippen LogP contribution in [0.15, 0.2) is 40.1 Å². The second kappa shape index (κ2) is 8.16. The summed E-state index contributed by atoms with van der Waals surface area (Å²) in [7, 11) is 0. The van der Waals surface area contributed by atoms with E-state index in [-0.39, 0.29) is 11.7 Å². The molecule has 3 rings (SSSR count). The van der Waals surface area contributed by atoms with Gasteiger partial charge >= 0.3 is 0 Å². The van der Waals surface area contributed by atoms with Gasteiger partial charge < -0.3 is 14.3 Å². The van der Waals surface area contributed by atoms with Crippen molar-refractivity contribution in [3.8, 4) is 11.4 Å². The summed E-state index contributed by atoms with van der Waals surface area (Å²) >= 11 is 13.4. The molecule has 0 saturated heterocycles. The van der Waals surface area contributed by atoms with Crippen molar-refractivity contribution in [1.82, 2.24) is 14.8 Å². The summed E-state index contributed by atoms with van der Waals surface area (Å²) in [6, 6.07) is 6.91. The van der Waals surface area contributed by atoms with E-state index in [2.05, 4.69) is 15.5 Å². The van der Waals surface area contributed by atoms with Crippen molar-refractivity contribution < 1.29 is 9.21 Å². The number of rotatable bonds is 6. The van der Waals surface area contributed by atoms with Gasteiger partial charge in [0.1, 0.15) is 5.76 Å². The fourth-order valence-electron chi connectivity index (χ4n) is 2.42. The van der Waals surface area contributed by atoms with E-state index in [0.717, 1.165) is 17.1 Å². The minimum Gasteiger partial charge on any atom is -0.469 e. The van der Waals surface area contributed by atoms with E-state index in [9.17, 15) is 4.79 Å². The Hall–Kier alpha value is -1.96. The Morgan fingerprint density at radius 2 is 2.00 bits per heavy atom. The third kappa shape index (κ3) is 3.90. The fraction of sp³-hybridized carbons (Fsp3) is 0.235. The third-order valence-electron chi connectivity index (χ3n) is 3.69. The maximum atomic E-state index is 12.3. The molecular formula is C17H16Cl2N4O2S. The maximum Gasteiger partial charge on any atom is 0.234 e. The van der Waals surface area contributed by atoms with Crippen LogP contribution in [-0.2, 0) is 11.3 Å². The first-order valence-electron chi connectivity index (χ1n) is 7.85. The number of hydrogen-bond acceptors (Lipinski definition) is 5. The zero-order chi connectivity index (χ0) is 18.7. The van der Waals surface area contributed by atoms with Crippen LogP contribution >= 0.6 is 35.0 Å². The molecule has 1 aromatic carbocycles. The molecule has 6 nitrogen and oxygen atoms in total. The molecule has 0 aliphatic rings. The molecule has 0 atom stereocenters. The number of nitrogens with one attached hydrogen (secondary N) is 1.